The van der Waals surface area contributed by atoms with Gasteiger partial charge in [0.2, 0.25) is 0 Å². The van der Waals surface area contributed by atoms with Crippen molar-refractivity contribution >= 4 is 0 Å². The van der Waals surface area contributed by atoms with Crippen molar-refractivity contribution in [2.45, 2.75) is 0 Å². The Morgan fingerprint density at radius 1 is 0.375 bits per heavy atom. The first-order valence-electron chi connectivity index (χ1n) is 0. The molecule has 12 N–H and O–H groups in total. The van der Waals surface area contributed by atoms with Gasteiger partial charge in [0.05, 0.1) is 0 Å². The Kier molecular flexibility index (Phi) is 225000. The smallest absolute Gasteiger partial charge is 0 e. The molecule has 0 bridgehead atoms. The number of hydrogen-bond donors (Lipinski definition) is 0. The van der Waals surface area contributed by atoms with E-state index in [9.17, 15) is 0 Å². The molecule has 0 aromatic carbocycles. The van der Waals surface area contributed by atoms with Crippen LogP contribution in [-0.2, 0) is 16.5 Å². The topological polar surface area (TPSA) is 189 Å². The third-order valence-corrected chi connectivity index (χ3v) is 0. The molecule has 0 saturated carbocycles. The summed E-state index contributed by atoms with van der Waals surface area (Å²) in [6.45, 7) is 0. The van der Waals surface area contributed by atoms with Gasteiger partial charge in [0, 0.05) is 16.5 Å². The second-order valence-electron chi connectivity index (χ2n) is 0. The van der Waals surface area contributed by atoms with Crippen molar-refractivity contribution in [3.8, 4) is 0 Å². The summed E-state index contributed by atoms with van der Waals surface area (Å²) in [4.78, 5) is 0. The molecule has 0 aromatic heterocycles. The Hall–Kier alpha value is 0.544. The van der Waals surface area contributed by atoms with Crippen LogP contribution in [0.15, 0.2) is 0 Å². The standard InChI is InChI=1S/ClH.Ni.6H2O/h1H;;6*1H2/p-1. The predicted octanol–water partition coefficient (Wildman–Crippen LogP) is -7.95. The van der Waals surface area contributed by atoms with Gasteiger partial charge in [-0.3, -0.25) is 0 Å². The molecule has 0 fully saturated rings. The van der Waals surface area contributed by atoms with Crippen LogP contribution in [-0.4, -0.2) is 32.9 Å². The maximum absolute atomic E-state index is 0. The predicted molar refractivity (Wildman–Crippen MR) is 21.7 cm³/mol. The second-order valence-corrected chi connectivity index (χ2v) is 0. The van der Waals surface area contributed by atoms with Crippen molar-refractivity contribution in [1.82, 2.24) is 0 Å². The molecule has 0 aliphatic heterocycles. The van der Waals surface area contributed by atoms with E-state index in [1.807, 2.05) is 0 Å². The summed E-state index contributed by atoms with van der Waals surface area (Å²) in [6, 6.07) is 0. The fourth-order valence-electron chi connectivity index (χ4n) is 0. The van der Waals surface area contributed by atoms with E-state index in [1.54, 1.807) is 0 Å². The molecule has 0 radical (unpaired) electrons. The summed E-state index contributed by atoms with van der Waals surface area (Å²) in [5.41, 5.74) is 0. The van der Waals surface area contributed by atoms with Gasteiger partial charge in [0.1, 0.15) is 0 Å². The minimum Gasteiger partial charge on any atom is -1.00 e. The normalized spacial score (nSPS) is 0. The van der Waals surface area contributed by atoms with Crippen molar-refractivity contribution in [2.75, 3.05) is 0 Å². The monoisotopic (exact) mass is 201 g/mol. The minimum atomic E-state index is 0. The Bertz CT molecular complexity index is 8.49. The van der Waals surface area contributed by atoms with Crippen LogP contribution in [0.5, 0.6) is 0 Å². The van der Waals surface area contributed by atoms with Gasteiger partial charge < -0.3 is 45.3 Å². The van der Waals surface area contributed by atoms with Gasteiger partial charge in [-0.25, -0.2) is 0 Å². The second kappa shape index (κ2) is 1090. The Balaban J connectivity index is 0. The Morgan fingerprint density at radius 3 is 0.375 bits per heavy atom. The summed E-state index contributed by atoms with van der Waals surface area (Å²) in [5.74, 6) is 0. The van der Waals surface area contributed by atoms with Gasteiger partial charge in [-0.1, -0.05) is 0 Å². The van der Waals surface area contributed by atoms with Gasteiger partial charge in [-0.15, -0.1) is 0 Å². The molecule has 0 heterocycles. The molecule has 8 heteroatoms. The van der Waals surface area contributed by atoms with E-state index < -0.39 is 0 Å². The van der Waals surface area contributed by atoms with Crippen LogP contribution in [0, 0.1) is 0 Å². The molecule has 0 aliphatic rings. The van der Waals surface area contributed by atoms with Crippen LogP contribution < -0.4 is 12.4 Å². The molecule has 0 aromatic rings. The van der Waals surface area contributed by atoms with E-state index in [0.29, 0.717) is 0 Å². The summed E-state index contributed by atoms with van der Waals surface area (Å²) in [6.07, 6.45) is 0. The van der Waals surface area contributed by atoms with Gasteiger partial charge in [-0.2, -0.15) is 0 Å². The van der Waals surface area contributed by atoms with Crippen LogP contribution >= 0.6 is 0 Å². The molecule has 0 atom stereocenters. The largest absolute Gasteiger partial charge is 1.00 e. The molecule has 0 aliphatic carbocycles. The maximum Gasteiger partial charge on any atom is 0 e. The summed E-state index contributed by atoms with van der Waals surface area (Å²) in [7, 11) is 0. The molecular formula is H12ClNiO6-. The van der Waals surface area contributed by atoms with Crippen LogP contribution in [0.25, 0.3) is 0 Å². The van der Waals surface area contributed by atoms with E-state index in [4.69, 9.17) is 0 Å². The number of halogens is 1. The molecule has 6 nitrogen and oxygen atoms in total. The number of rotatable bonds is 0. The zero-order valence-electron chi connectivity index (χ0n) is 3.69. The molecule has 0 amide bonds. The molecule has 66 valence electrons. The zero-order valence-corrected chi connectivity index (χ0v) is 5.44. The van der Waals surface area contributed by atoms with Gasteiger partial charge >= 0.3 is 0 Å². The van der Waals surface area contributed by atoms with Gasteiger partial charge in [0.15, 0.2) is 0 Å². The van der Waals surface area contributed by atoms with E-state index in [0.717, 1.165) is 0 Å². The third-order valence-electron chi connectivity index (χ3n) is 0. The van der Waals surface area contributed by atoms with Crippen molar-refractivity contribution in [1.29, 1.82) is 0 Å². The van der Waals surface area contributed by atoms with Crippen molar-refractivity contribution in [3.05, 3.63) is 0 Å². The average Bonchev–Trinajstić information content (AvgIpc) is 0. The maximum atomic E-state index is 0. The minimum absolute atomic E-state index is 0. The number of hydrogen-bond acceptors (Lipinski definition) is 0. The van der Waals surface area contributed by atoms with Crippen LogP contribution in [0.3, 0.4) is 0 Å². The Labute approximate surface area is 62.5 Å². The van der Waals surface area contributed by atoms with E-state index in [-0.39, 0.29) is 61.8 Å². The molecule has 0 unspecified atom stereocenters. The van der Waals surface area contributed by atoms with E-state index in [2.05, 4.69) is 0 Å². The molecule has 0 saturated heterocycles. The van der Waals surface area contributed by atoms with Crippen molar-refractivity contribution < 1.29 is 61.8 Å². The fraction of sp³-hybridized carbons (Fsp3) is 0. The first-order chi connectivity index (χ1) is 0. The van der Waals surface area contributed by atoms with E-state index in [1.165, 1.54) is 0 Å². The van der Waals surface area contributed by atoms with E-state index >= 15 is 0 Å². The fourth-order valence-corrected chi connectivity index (χ4v) is 0. The summed E-state index contributed by atoms with van der Waals surface area (Å²) >= 11 is 0. The SMILES string of the molecule is O.O.O.O.O.O.[Cl-].[Ni]. The quantitative estimate of drug-likeness (QED) is 0.337. The third kappa shape index (κ3) is 681. The van der Waals surface area contributed by atoms with Crippen LogP contribution in [0.4, 0.5) is 0 Å². The molecule has 0 rings (SSSR count). The summed E-state index contributed by atoms with van der Waals surface area (Å²) < 4.78 is 0. The first kappa shape index (κ1) is 1650. The Morgan fingerprint density at radius 2 is 0.375 bits per heavy atom. The first-order valence-corrected chi connectivity index (χ1v) is 0. The molecule has 0 spiro atoms. The summed E-state index contributed by atoms with van der Waals surface area (Å²) in [5, 5.41) is 0. The molecule has 8 heavy (non-hydrogen) atoms. The average molecular weight is 202 g/mol. The van der Waals surface area contributed by atoms with Crippen LogP contribution in [0.1, 0.15) is 0 Å². The van der Waals surface area contributed by atoms with Gasteiger partial charge in [-0.05, 0) is 0 Å². The van der Waals surface area contributed by atoms with Crippen LogP contribution in [0.2, 0.25) is 0 Å². The molecular weight excluding hydrogens is 190 g/mol. The zero-order chi connectivity index (χ0) is 0. The van der Waals surface area contributed by atoms with Crippen molar-refractivity contribution in [3.63, 3.8) is 0 Å². The van der Waals surface area contributed by atoms with Gasteiger partial charge in [0.25, 0.3) is 0 Å². The van der Waals surface area contributed by atoms with Crippen molar-refractivity contribution in [2.24, 2.45) is 0 Å².